The highest BCUT2D eigenvalue weighted by atomic mass is 16.5. The smallest absolute Gasteiger partial charge is 0.0948 e. The Hall–Kier alpha value is -0.160. The van der Waals surface area contributed by atoms with E-state index in [1.807, 2.05) is 0 Å². The van der Waals surface area contributed by atoms with Crippen LogP contribution in [0.3, 0.4) is 0 Å². The van der Waals surface area contributed by atoms with Crippen LogP contribution in [-0.2, 0) is 9.47 Å². The van der Waals surface area contributed by atoms with Gasteiger partial charge in [-0.3, -0.25) is 0 Å². The van der Waals surface area contributed by atoms with E-state index in [4.69, 9.17) is 9.47 Å². The highest BCUT2D eigenvalue weighted by Crippen LogP contribution is 2.24. The van der Waals surface area contributed by atoms with E-state index in [0.717, 1.165) is 19.4 Å². The number of nitrogens with one attached hydrogen (secondary N) is 1. The molecule has 0 aliphatic carbocycles. The molecule has 2 rings (SSSR count). The fourth-order valence-corrected chi connectivity index (χ4v) is 2.38. The number of aliphatic hydroxyl groups excluding tert-OH is 1. The Balaban J connectivity index is 1.83. The van der Waals surface area contributed by atoms with Crippen LogP contribution in [0.5, 0.6) is 0 Å². The van der Waals surface area contributed by atoms with Crippen molar-refractivity contribution in [2.45, 2.75) is 50.5 Å². The van der Waals surface area contributed by atoms with Crippen LogP contribution >= 0.6 is 0 Å². The largest absolute Gasteiger partial charge is 0.389 e. The van der Waals surface area contributed by atoms with Gasteiger partial charge in [-0.1, -0.05) is 0 Å². The third kappa shape index (κ3) is 2.91. The topological polar surface area (TPSA) is 50.7 Å². The minimum Gasteiger partial charge on any atom is -0.389 e. The maximum atomic E-state index is 9.63. The van der Waals surface area contributed by atoms with Gasteiger partial charge in [-0.2, -0.15) is 0 Å². The lowest BCUT2D eigenvalue weighted by atomic mass is 9.93. The molecule has 2 fully saturated rings. The number of rotatable bonds is 2. The van der Waals surface area contributed by atoms with E-state index in [9.17, 15) is 5.11 Å². The number of hydrogen-bond donors (Lipinski definition) is 2. The highest BCUT2D eigenvalue weighted by Gasteiger charge is 2.33. The van der Waals surface area contributed by atoms with Crippen molar-refractivity contribution in [1.82, 2.24) is 5.32 Å². The van der Waals surface area contributed by atoms with Crippen molar-refractivity contribution in [3.05, 3.63) is 0 Å². The first-order chi connectivity index (χ1) is 7.07. The molecule has 0 aromatic heterocycles. The van der Waals surface area contributed by atoms with Crippen molar-refractivity contribution in [3.8, 4) is 0 Å². The predicted molar refractivity (Wildman–Crippen MR) is 56.8 cm³/mol. The van der Waals surface area contributed by atoms with Crippen LogP contribution < -0.4 is 5.32 Å². The van der Waals surface area contributed by atoms with Gasteiger partial charge >= 0.3 is 0 Å². The summed E-state index contributed by atoms with van der Waals surface area (Å²) in [5, 5.41) is 13.1. The summed E-state index contributed by atoms with van der Waals surface area (Å²) in [6, 6.07) is 0.541. The molecule has 15 heavy (non-hydrogen) atoms. The fraction of sp³-hybridized carbons (Fsp3) is 1.00. The molecule has 3 unspecified atom stereocenters. The zero-order valence-electron chi connectivity index (χ0n) is 9.53. The molecule has 0 aromatic carbocycles. The average Bonchev–Trinajstić information content (AvgIpc) is 2.50. The molecule has 2 N–H and O–H groups in total. The van der Waals surface area contributed by atoms with Gasteiger partial charge in [-0.05, 0) is 26.7 Å². The Labute approximate surface area is 90.9 Å². The number of aliphatic hydroxyl groups is 1. The molecule has 0 spiro atoms. The van der Waals surface area contributed by atoms with E-state index in [-0.39, 0.29) is 17.7 Å². The first kappa shape index (κ1) is 11.3. The standard InChI is InChI=1S/C11H21NO3/c1-11(2)5-8(3-4-15-11)12-9-6-14-7-10(9)13/h8-10,12-13H,3-7H2,1-2H3. The number of hydrogen-bond acceptors (Lipinski definition) is 4. The molecule has 2 aliphatic heterocycles. The van der Waals surface area contributed by atoms with Gasteiger partial charge in [0.2, 0.25) is 0 Å². The summed E-state index contributed by atoms with van der Waals surface area (Å²) in [5.41, 5.74) is -0.0413. The van der Waals surface area contributed by atoms with Crippen LogP contribution in [0, 0.1) is 0 Å². The average molecular weight is 215 g/mol. The zero-order valence-corrected chi connectivity index (χ0v) is 9.53. The molecular weight excluding hydrogens is 194 g/mol. The number of ether oxygens (including phenoxy) is 2. The fourth-order valence-electron chi connectivity index (χ4n) is 2.38. The van der Waals surface area contributed by atoms with Gasteiger partial charge in [-0.15, -0.1) is 0 Å². The molecule has 4 heteroatoms. The summed E-state index contributed by atoms with van der Waals surface area (Å²) >= 11 is 0. The monoisotopic (exact) mass is 215 g/mol. The van der Waals surface area contributed by atoms with E-state index in [2.05, 4.69) is 19.2 Å². The van der Waals surface area contributed by atoms with Crippen molar-refractivity contribution in [1.29, 1.82) is 0 Å². The van der Waals surface area contributed by atoms with Gasteiger partial charge in [-0.25, -0.2) is 0 Å². The molecule has 3 atom stereocenters. The second-order valence-electron chi connectivity index (χ2n) is 5.18. The molecular formula is C11H21NO3. The van der Waals surface area contributed by atoms with Gasteiger partial charge < -0.3 is 19.9 Å². The van der Waals surface area contributed by atoms with E-state index < -0.39 is 0 Å². The van der Waals surface area contributed by atoms with Crippen molar-refractivity contribution >= 4 is 0 Å². The Bertz CT molecular complexity index is 220. The van der Waals surface area contributed by atoms with Gasteiger partial charge in [0, 0.05) is 12.6 Å². The SMILES string of the molecule is CC1(C)CC(NC2COCC2O)CCO1. The van der Waals surface area contributed by atoms with Crippen LogP contribution in [0.1, 0.15) is 26.7 Å². The Kier molecular flexibility index (Phi) is 3.30. The first-order valence-electron chi connectivity index (χ1n) is 5.73. The Morgan fingerprint density at radius 3 is 2.73 bits per heavy atom. The maximum Gasteiger partial charge on any atom is 0.0948 e. The molecule has 4 nitrogen and oxygen atoms in total. The van der Waals surface area contributed by atoms with Gasteiger partial charge in [0.15, 0.2) is 0 Å². The highest BCUT2D eigenvalue weighted by molar-refractivity contribution is 4.89. The summed E-state index contributed by atoms with van der Waals surface area (Å²) in [6.07, 6.45) is 1.67. The van der Waals surface area contributed by atoms with Gasteiger partial charge in [0.05, 0.1) is 31.0 Å². The summed E-state index contributed by atoms with van der Waals surface area (Å²) in [7, 11) is 0. The summed E-state index contributed by atoms with van der Waals surface area (Å²) in [5.74, 6) is 0. The maximum absolute atomic E-state index is 9.63. The molecule has 88 valence electrons. The molecule has 0 aromatic rings. The minimum atomic E-state index is -0.351. The summed E-state index contributed by atoms with van der Waals surface area (Å²) < 4.78 is 10.9. The second kappa shape index (κ2) is 4.37. The van der Waals surface area contributed by atoms with Crippen LogP contribution in [0.4, 0.5) is 0 Å². The molecule has 0 radical (unpaired) electrons. The molecule has 2 saturated heterocycles. The normalized spacial score (nSPS) is 40.6. The minimum absolute atomic E-state index is 0.0413. The van der Waals surface area contributed by atoms with Crippen molar-refractivity contribution in [3.63, 3.8) is 0 Å². The molecule has 0 bridgehead atoms. The lowest BCUT2D eigenvalue weighted by Crippen LogP contribution is -2.50. The van der Waals surface area contributed by atoms with Crippen LogP contribution in [0.2, 0.25) is 0 Å². The predicted octanol–water partition coefficient (Wildman–Crippen LogP) is 0.293. The summed E-state index contributed by atoms with van der Waals surface area (Å²) in [6.45, 7) is 6.11. The van der Waals surface area contributed by atoms with Crippen molar-refractivity contribution in [2.75, 3.05) is 19.8 Å². The lowest BCUT2D eigenvalue weighted by molar-refractivity contribution is -0.0654. The van der Waals surface area contributed by atoms with Crippen molar-refractivity contribution in [2.24, 2.45) is 0 Å². The molecule has 2 aliphatic rings. The third-order valence-electron chi connectivity index (χ3n) is 3.20. The van der Waals surface area contributed by atoms with Crippen LogP contribution in [0.25, 0.3) is 0 Å². The molecule has 0 amide bonds. The van der Waals surface area contributed by atoms with Crippen LogP contribution in [-0.4, -0.2) is 48.7 Å². The van der Waals surface area contributed by atoms with E-state index in [1.54, 1.807) is 0 Å². The van der Waals surface area contributed by atoms with E-state index >= 15 is 0 Å². The Morgan fingerprint density at radius 2 is 2.13 bits per heavy atom. The quantitative estimate of drug-likeness (QED) is 0.695. The first-order valence-corrected chi connectivity index (χ1v) is 5.73. The third-order valence-corrected chi connectivity index (χ3v) is 3.20. The van der Waals surface area contributed by atoms with E-state index in [1.165, 1.54) is 0 Å². The second-order valence-corrected chi connectivity index (χ2v) is 5.18. The van der Waals surface area contributed by atoms with Gasteiger partial charge in [0.25, 0.3) is 0 Å². The van der Waals surface area contributed by atoms with Crippen LogP contribution in [0.15, 0.2) is 0 Å². The van der Waals surface area contributed by atoms with Crippen molar-refractivity contribution < 1.29 is 14.6 Å². The summed E-state index contributed by atoms with van der Waals surface area (Å²) in [4.78, 5) is 0. The molecule has 0 saturated carbocycles. The lowest BCUT2D eigenvalue weighted by Gasteiger charge is -2.37. The zero-order chi connectivity index (χ0) is 10.9. The van der Waals surface area contributed by atoms with E-state index in [0.29, 0.717) is 19.3 Å². The molecule has 2 heterocycles. The Morgan fingerprint density at radius 1 is 1.33 bits per heavy atom. The van der Waals surface area contributed by atoms with Gasteiger partial charge in [0.1, 0.15) is 0 Å².